The molecule has 0 saturated carbocycles. The molecule has 1 saturated heterocycles. The Balaban J connectivity index is 1.75. The number of piperidine rings is 1. The molecule has 0 unspecified atom stereocenters. The van der Waals surface area contributed by atoms with Crippen LogP contribution in [0.15, 0.2) is 47.4 Å². The Morgan fingerprint density at radius 1 is 1.17 bits per heavy atom. The number of esters is 1. The van der Waals surface area contributed by atoms with Gasteiger partial charge in [0, 0.05) is 13.1 Å². The van der Waals surface area contributed by atoms with Crippen LogP contribution in [-0.4, -0.2) is 44.8 Å². The zero-order chi connectivity index (χ0) is 21.9. The second-order valence-corrected chi connectivity index (χ2v) is 9.54. The number of sulfonamides is 1. The molecule has 3 rings (SSSR count). The number of aryl methyl sites for hydroxylation is 1. The molecule has 2 aromatic rings. The average Bonchev–Trinajstić information content (AvgIpc) is 2.75. The number of carbonyl (C=O) groups excluding carboxylic acids is 2. The van der Waals surface area contributed by atoms with Crippen molar-refractivity contribution in [3.63, 3.8) is 0 Å². The number of nitrogens with zero attached hydrogens (tertiary/aromatic N) is 1. The minimum atomic E-state index is -3.68. The lowest BCUT2D eigenvalue weighted by Crippen LogP contribution is -2.43. The summed E-state index contributed by atoms with van der Waals surface area (Å²) in [4.78, 5) is 24.7. The second-order valence-electron chi connectivity index (χ2n) is 7.19. The Kier molecular flexibility index (Phi) is 6.80. The fraction of sp³-hybridized carbons (Fsp3) is 0.333. The molecular weight excluding hydrogens is 428 g/mol. The number of nitrogens with one attached hydrogen (secondary N) is 1. The number of halogens is 1. The zero-order valence-electron chi connectivity index (χ0n) is 16.7. The van der Waals surface area contributed by atoms with Crippen LogP contribution in [-0.2, 0) is 19.6 Å². The van der Waals surface area contributed by atoms with Gasteiger partial charge in [0.1, 0.15) is 0 Å². The SMILES string of the molecule is COC(=O)c1ccc(Cl)c(NC(=O)[C@@H]2CCCN(S(=O)(=O)c3ccc(C)cc3)C2)c1. The van der Waals surface area contributed by atoms with Crippen LogP contribution >= 0.6 is 11.6 Å². The number of rotatable bonds is 5. The van der Waals surface area contributed by atoms with Gasteiger partial charge in [0.2, 0.25) is 15.9 Å². The van der Waals surface area contributed by atoms with Crippen LogP contribution < -0.4 is 5.32 Å². The third-order valence-corrected chi connectivity index (χ3v) is 7.27. The molecule has 1 atom stereocenters. The van der Waals surface area contributed by atoms with Gasteiger partial charge in [-0.1, -0.05) is 29.3 Å². The highest BCUT2D eigenvalue weighted by molar-refractivity contribution is 7.89. The van der Waals surface area contributed by atoms with Gasteiger partial charge in [0.15, 0.2) is 0 Å². The van der Waals surface area contributed by atoms with E-state index >= 15 is 0 Å². The predicted molar refractivity (Wildman–Crippen MR) is 114 cm³/mol. The summed E-state index contributed by atoms with van der Waals surface area (Å²) in [5, 5.41) is 2.99. The van der Waals surface area contributed by atoms with Gasteiger partial charge >= 0.3 is 5.97 Å². The van der Waals surface area contributed by atoms with Crippen LogP contribution in [0.1, 0.15) is 28.8 Å². The summed E-state index contributed by atoms with van der Waals surface area (Å²) in [6.07, 6.45) is 1.12. The van der Waals surface area contributed by atoms with Crippen LogP contribution in [0.3, 0.4) is 0 Å². The Labute approximate surface area is 181 Å². The fourth-order valence-electron chi connectivity index (χ4n) is 3.33. The van der Waals surface area contributed by atoms with Gasteiger partial charge in [-0.05, 0) is 50.1 Å². The number of methoxy groups -OCH3 is 1. The largest absolute Gasteiger partial charge is 0.465 e. The lowest BCUT2D eigenvalue weighted by atomic mass is 9.98. The van der Waals surface area contributed by atoms with E-state index in [4.69, 9.17) is 11.6 Å². The Morgan fingerprint density at radius 3 is 2.53 bits per heavy atom. The summed E-state index contributed by atoms with van der Waals surface area (Å²) in [7, 11) is -2.42. The number of hydrogen-bond donors (Lipinski definition) is 1. The zero-order valence-corrected chi connectivity index (χ0v) is 18.3. The van der Waals surface area contributed by atoms with E-state index in [9.17, 15) is 18.0 Å². The summed E-state index contributed by atoms with van der Waals surface area (Å²) in [6.45, 7) is 2.33. The average molecular weight is 451 g/mol. The van der Waals surface area contributed by atoms with Crippen LogP contribution in [0.5, 0.6) is 0 Å². The maximum atomic E-state index is 13.0. The molecule has 0 radical (unpaired) electrons. The van der Waals surface area contributed by atoms with E-state index in [-0.39, 0.29) is 33.6 Å². The summed E-state index contributed by atoms with van der Waals surface area (Å²) in [5.41, 5.74) is 1.50. The molecule has 1 fully saturated rings. The molecule has 0 aromatic heterocycles. The highest BCUT2D eigenvalue weighted by Gasteiger charge is 2.33. The molecule has 1 amide bonds. The third kappa shape index (κ3) is 4.83. The van der Waals surface area contributed by atoms with Crippen molar-refractivity contribution in [2.24, 2.45) is 5.92 Å². The van der Waals surface area contributed by atoms with E-state index in [0.717, 1.165) is 5.56 Å². The highest BCUT2D eigenvalue weighted by Crippen LogP contribution is 2.27. The van der Waals surface area contributed by atoms with E-state index in [1.54, 1.807) is 24.3 Å². The molecule has 160 valence electrons. The lowest BCUT2D eigenvalue weighted by Gasteiger charge is -2.31. The number of carbonyl (C=O) groups is 2. The van der Waals surface area contributed by atoms with Gasteiger partial charge in [-0.15, -0.1) is 0 Å². The van der Waals surface area contributed by atoms with Crippen molar-refractivity contribution in [2.45, 2.75) is 24.7 Å². The molecule has 1 aliphatic heterocycles. The van der Waals surface area contributed by atoms with Crippen molar-refractivity contribution in [3.05, 3.63) is 58.6 Å². The number of hydrogen-bond acceptors (Lipinski definition) is 5. The van der Waals surface area contributed by atoms with Crippen LogP contribution in [0.4, 0.5) is 5.69 Å². The van der Waals surface area contributed by atoms with Crippen LogP contribution in [0, 0.1) is 12.8 Å². The summed E-state index contributed by atoms with van der Waals surface area (Å²) < 4.78 is 31.9. The van der Waals surface area contributed by atoms with E-state index in [1.807, 2.05) is 6.92 Å². The normalized spacial score (nSPS) is 17.4. The minimum absolute atomic E-state index is 0.0797. The van der Waals surface area contributed by atoms with Gasteiger partial charge in [-0.3, -0.25) is 4.79 Å². The summed E-state index contributed by atoms with van der Waals surface area (Å²) >= 11 is 6.15. The Hall–Kier alpha value is -2.42. The van der Waals surface area contributed by atoms with E-state index < -0.39 is 21.9 Å². The lowest BCUT2D eigenvalue weighted by molar-refractivity contribution is -0.120. The number of benzene rings is 2. The van der Waals surface area contributed by atoms with Gasteiger partial charge in [-0.2, -0.15) is 4.31 Å². The molecular formula is C21H23ClN2O5S. The van der Waals surface area contributed by atoms with Crippen molar-refractivity contribution in [3.8, 4) is 0 Å². The standard InChI is InChI=1S/C21H23ClN2O5S/c1-14-5-8-17(9-6-14)30(27,28)24-11-3-4-16(13-24)20(25)23-19-12-15(21(26)29-2)7-10-18(19)22/h5-10,12,16H,3-4,11,13H2,1-2H3,(H,23,25)/t16-/m1/s1. The molecule has 30 heavy (non-hydrogen) atoms. The molecule has 0 spiro atoms. The number of ether oxygens (including phenoxy) is 1. The molecule has 1 aliphatic rings. The molecule has 0 aliphatic carbocycles. The second kappa shape index (κ2) is 9.16. The Bertz CT molecular complexity index is 1050. The summed E-state index contributed by atoms with van der Waals surface area (Å²) in [6, 6.07) is 11.1. The first-order valence-electron chi connectivity index (χ1n) is 9.48. The smallest absolute Gasteiger partial charge is 0.337 e. The van der Waals surface area contributed by atoms with Crippen molar-refractivity contribution >= 4 is 39.2 Å². The van der Waals surface area contributed by atoms with Crippen molar-refractivity contribution in [2.75, 3.05) is 25.5 Å². The first-order chi connectivity index (χ1) is 14.2. The molecule has 7 nitrogen and oxygen atoms in total. The highest BCUT2D eigenvalue weighted by atomic mass is 35.5. The van der Waals surface area contributed by atoms with Crippen molar-refractivity contribution < 1.29 is 22.7 Å². The molecule has 1 heterocycles. The first kappa shape index (κ1) is 22.3. The maximum Gasteiger partial charge on any atom is 0.337 e. The topological polar surface area (TPSA) is 92.8 Å². The molecule has 9 heteroatoms. The van der Waals surface area contributed by atoms with Gasteiger partial charge in [0.05, 0.1) is 34.2 Å². The quantitative estimate of drug-likeness (QED) is 0.704. The molecule has 0 bridgehead atoms. The monoisotopic (exact) mass is 450 g/mol. The fourth-order valence-corrected chi connectivity index (χ4v) is 5.02. The van der Waals surface area contributed by atoms with Gasteiger partial charge in [0.25, 0.3) is 0 Å². The first-order valence-corrected chi connectivity index (χ1v) is 11.3. The van der Waals surface area contributed by atoms with Gasteiger partial charge < -0.3 is 10.1 Å². The maximum absolute atomic E-state index is 13.0. The third-order valence-electron chi connectivity index (χ3n) is 5.06. The summed E-state index contributed by atoms with van der Waals surface area (Å²) in [5.74, 6) is -1.42. The minimum Gasteiger partial charge on any atom is -0.465 e. The van der Waals surface area contributed by atoms with Crippen molar-refractivity contribution in [1.29, 1.82) is 0 Å². The molecule has 2 aromatic carbocycles. The van der Waals surface area contributed by atoms with E-state index in [2.05, 4.69) is 10.1 Å². The Morgan fingerprint density at radius 2 is 1.87 bits per heavy atom. The van der Waals surface area contributed by atoms with E-state index in [1.165, 1.54) is 29.6 Å². The van der Waals surface area contributed by atoms with E-state index in [0.29, 0.717) is 19.4 Å². The molecule has 1 N–H and O–H groups in total. The van der Waals surface area contributed by atoms with Gasteiger partial charge in [-0.25, -0.2) is 13.2 Å². The van der Waals surface area contributed by atoms with Crippen LogP contribution in [0.2, 0.25) is 5.02 Å². The predicted octanol–water partition coefficient (Wildman–Crippen LogP) is 3.47. The van der Waals surface area contributed by atoms with Crippen LogP contribution in [0.25, 0.3) is 0 Å². The number of amides is 1. The van der Waals surface area contributed by atoms with Crippen molar-refractivity contribution in [1.82, 2.24) is 4.31 Å². The number of anilines is 1.